The third kappa shape index (κ3) is 4.59. The van der Waals surface area contributed by atoms with Gasteiger partial charge in [-0.15, -0.1) is 0 Å². The highest BCUT2D eigenvalue weighted by Gasteiger charge is 2.42. The first-order valence-electron chi connectivity index (χ1n) is 11.5. The molecule has 0 spiro atoms. The molecule has 0 aliphatic carbocycles. The first-order valence-corrected chi connectivity index (χ1v) is 11.5. The summed E-state index contributed by atoms with van der Waals surface area (Å²) in [5.41, 5.74) is 10.4. The van der Waals surface area contributed by atoms with Gasteiger partial charge in [0.1, 0.15) is 5.75 Å². The average Bonchev–Trinajstić information content (AvgIpc) is 3.31. The Morgan fingerprint density at radius 1 is 1.03 bits per heavy atom. The Hall–Kier alpha value is -3.02. The molecule has 2 aromatic carbocycles. The minimum absolute atomic E-state index is 0.137. The molecule has 0 aromatic heterocycles. The molecule has 2 amide bonds. The summed E-state index contributed by atoms with van der Waals surface area (Å²) in [5.74, 6) is 1.66. The second kappa shape index (κ2) is 9.23. The lowest BCUT2D eigenvalue weighted by atomic mass is 10.0. The summed E-state index contributed by atoms with van der Waals surface area (Å²) >= 11 is 0. The fourth-order valence-corrected chi connectivity index (χ4v) is 5.22. The number of benzene rings is 2. The number of aryl methyl sites for hydroxylation is 3. The van der Waals surface area contributed by atoms with Crippen LogP contribution in [0.1, 0.15) is 40.4 Å². The zero-order valence-corrected chi connectivity index (χ0v) is 19.3. The van der Waals surface area contributed by atoms with E-state index in [2.05, 4.69) is 17.0 Å². The summed E-state index contributed by atoms with van der Waals surface area (Å²) in [5, 5.41) is 0. The van der Waals surface area contributed by atoms with Crippen molar-refractivity contribution in [2.45, 2.75) is 33.6 Å². The predicted octanol–water partition coefficient (Wildman–Crippen LogP) is 3.33. The van der Waals surface area contributed by atoms with Crippen LogP contribution in [-0.2, 0) is 11.2 Å². The summed E-state index contributed by atoms with van der Waals surface area (Å²) in [6.45, 7) is 10.1. The fourth-order valence-electron chi connectivity index (χ4n) is 5.22. The van der Waals surface area contributed by atoms with E-state index < -0.39 is 0 Å². The van der Waals surface area contributed by atoms with Crippen LogP contribution in [0, 0.1) is 25.7 Å². The second-order valence-electron chi connectivity index (χ2n) is 9.14. The number of likely N-dealkylation sites (tertiary alicyclic amines) is 1. The number of fused-ring (bicyclic) bond motifs is 1. The van der Waals surface area contributed by atoms with Crippen molar-refractivity contribution in [1.29, 1.82) is 0 Å². The van der Waals surface area contributed by atoms with Crippen LogP contribution in [0.2, 0.25) is 0 Å². The van der Waals surface area contributed by atoms with Crippen molar-refractivity contribution in [3.8, 4) is 5.75 Å². The number of nitrogens with two attached hydrogens (primary N) is 1. The summed E-state index contributed by atoms with van der Waals surface area (Å²) in [7, 11) is 0. The van der Waals surface area contributed by atoms with Crippen LogP contribution >= 0.6 is 0 Å². The molecule has 170 valence electrons. The molecule has 2 N–H and O–H groups in total. The van der Waals surface area contributed by atoms with Crippen molar-refractivity contribution in [3.05, 3.63) is 58.7 Å². The molecular weight excluding hydrogens is 402 g/mol. The Balaban J connectivity index is 1.41. The molecule has 2 unspecified atom stereocenters. The van der Waals surface area contributed by atoms with E-state index in [0.717, 1.165) is 54.2 Å². The molecule has 2 aliphatic heterocycles. The van der Waals surface area contributed by atoms with Gasteiger partial charge in [-0.25, -0.2) is 0 Å². The van der Waals surface area contributed by atoms with Crippen molar-refractivity contribution < 1.29 is 14.3 Å². The smallest absolute Gasteiger partial charge is 0.254 e. The molecule has 32 heavy (non-hydrogen) atoms. The average molecular weight is 436 g/mol. The Kier molecular flexibility index (Phi) is 6.40. The van der Waals surface area contributed by atoms with Crippen LogP contribution in [0.3, 0.4) is 0 Å². The van der Waals surface area contributed by atoms with Crippen LogP contribution in [0.5, 0.6) is 5.75 Å². The number of rotatable bonds is 7. The first kappa shape index (κ1) is 22.2. The predicted molar refractivity (Wildman–Crippen MR) is 126 cm³/mol. The zero-order chi connectivity index (χ0) is 22.8. The molecule has 2 aromatic rings. The molecule has 2 fully saturated rings. The summed E-state index contributed by atoms with van der Waals surface area (Å²) in [6, 6.07) is 12.3. The van der Waals surface area contributed by atoms with Crippen molar-refractivity contribution in [3.63, 3.8) is 0 Å². The van der Waals surface area contributed by atoms with Gasteiger partial charge in [0, 0.05) is 55.7 Å². The van der Waals surface area contributed by atoms with Crippen LogP contribution in [-0.4, -0.2) is 49.5 Å². The number of ether oxygens (including phenoxy) is 1. The summed E-state index contributed by atoms with van der Waals surface area (Å²) < 4.78 is 5.62. The standard InChI is InChI=1S/C26H33N3O3/c1-4-32-23-10-17(2)25(18(3)11-23)26(31)29-15-20-13-28(14-21(20)16-29)22-7-5-6-19(12-22)8-9-24(27)30/h5-7,10-12,20-21H,4,8-9,13-16H2,1-3H3,(H2,27,30). The van der Waals surface area contributed by atoms with Crippen molar-refractivity contribution in [2.24, 2.45) is 17.6 Å². The molecule has 0 saturated carbocycles. The van der Waals surface area contributed by atoms with Gasteiger partial charge in [-0.05, 0) is 68.1 Å². The number of hydrogen-bond acceptors (Lipinski definition) is 4. The minimum Gasteiger partial charge on any atom is -0.494 e. The van der Waals surface area contributed by atoms with Crippen LogP contribution in [0.4, 0.5) is 5.69 Å². The molecule has 0 radical (unpaired) electrons. The summed E-state index contributed by atoms with van der Waals surface area (Å²) in [4.78, 5) is 28.9. The molecule has 2 heterocycles. The van der Waals surface area contributed by atoms with E-state index in [4.69, 9.17) is 10.5 Å². The Labute approximate surface area is 190 Å². The first-order chi connectivity index (χ1) is 15.4. The number of primary amides is 1. The van der Waals surface area contributed by atoms with Gasteiger partial charge in [-0.1, -0.05) is 12.1 Å². The fraction of sp³-hybridized carbons (Fsp3) is 0.462. The van der Waals surface area contributed by atoms with Gasteiger partial charge in [0.15, 0.2) is 0 Å². The molecule has 4 rings (SSSR count). The van der Waals surface area contributed by atoms with E-state index in [-0.39, 0.29) is 11.8 Å². The van der Waals surface area contributed by atoms with Gasteiger partial charge in [0.05, 0.1) is 6.61 Å². The number of hydrogen-bond donors (Lipinski definition) is 1. The van der Waals surface area contributed by atoms with Crippen LogP contribution in [0.25, 0.3) is 0 Å². The highest BCUT2D eigenvalue weighted by atomic mass is 16.5. The quantitative estimate of drug-likeness (QED) is 0.724. The molecule has 2 atom stereocenters. The monoisotopic (exact) mass is 435 g/mol. The van der Waals surface area contributed by atoms with E-state index in [9.17, 15) is 9.59 Å². The Bertz CT molecular complexity index is 982. The number of carbonyl (C=O) groups excluding carboxylic acids is 2. The van der Waals surface area contributed by atoms with Gasteiger partial charge in [0.25, 0.3) is 5.91 Å². The lowest BCUT2D eigenvalue weighted by Crippen LogP contribution is -2.34. The molecule has 6 heteroatoms. The molecular formula is C26H33N3O3. The third-order valence-electron chi connectivity index (χ3n) is 6.74. The third-order valence-corrected chi connectivity index (χ3v) is 6.74. The highest BCUT2D eigenvalue weighted by Crippen LogP contribution is 2.35. The Morgan fingerprint density at radius 2 is 1.69 bits per heavy atom. The number of nitrogens with zero attached hydrogens (tertiary/aromatic N) is 2. The van der Waals surface area contributed by atoms with Crippen molar-refractivity contribution in [2.75, 3.05) is 37.7 Å². The van der Waals surface area contributed by atoms with Crippen LogP contribution in [0.15, 0.2) is 36.4 Å². The lowest BCUT2D eigenvalue weighted by Gasteiger charge is -2.25. The van der Waals surface area contributed by atoms with Gasteiger partial charge in [-0.2, -0.15) is 0 Å². The maximum Gasteiger partial charge on any atom is 0.254 e. The molecule has 2 saturated heterocycles. The van der Waals surface area contributed by atoms with E-state index in [1.165, 1.54) is 5.69 Å². The Morgan fingerprint density at radius 3 is 2.28 bits per heavy atom. The molecule has 6 nitrogen and oxygen atoms in total. The molecule has 2 aliphatic rings. The largest absolute Gasteiger partial charge is 0.494 e. The minimum atomic E-state index is -0.270. The van der Waals surface area contributed by atoms with Crippen molar-refractivity contribution >= 4 is 17.5 Å². The maximum absolute atomic E-state index is 13.3. The highest BCUT2D eigenvalue weighted by molar-refractivity contribution is 5.97. The lowest BCUT2D eigenvalue weighted by molar-refractivity contribution is -0.117. The SMILES string of the molecule is CCOc1cc(C)c(C(=O)N2CC3CN(c4cccc(CCC(N)=O)c4)CC3C2)c(C)c1. The number of amides is 2. The van der Waals surface area contributed by atoms with Crippen LogP contribution < -0.4 is 15.4 Å². The molecule has 0 bridgehead atoms. The second-order valence-corrected chi connectivity index (χ2v) is 9.14. The normalized spacial score (nSPS) is 19.8. The number of anilines is 1. The van der Waals surface area contributed by atoms with Crippen molar-refractivity contribution in [1.82, 2.24) is 4.90 Å². The number of carbonyl (C=O) groups is 2. The summed E-state index contributed by atoms with van der Waals surface area (Å²) in [6.07, 6.45) is 1.04. The zero-order valence-electron chi connectivity index (χ0n) is 19.3. The van der Waals surface area contributed by atoms with E-state index in [1.807, 2.05) is 49.9 Å². The van der Waals surface area contributed by atoms with E-state index in [0.29, 0.717) is 31.3 Å². The van der Waals surface area contributed by atoms with Gasteiger partial charge < -0.3 is 20.3 Å². The topological polar surface area (TPSA) is 75.9 Å². The van der Waals surface area contributed by atoms with Gasteiger partial charge >= 0.3 is 0 Å². The van der Waals surface area contributed by atoms with E-state index in [1.54, 1.807) is 0 Å². The van der Waals surface area contributed by atoms with Gasteiger partial charge in [-0.3, -0.25) is 9.59 Å². The van der Waals surface area contributed by atoms with Gasteiger partial charge in [0.2, 0.25) is 5.91 Å². The van der Waals surface area contributed by atoms with E-state index >= 15 is 0 Å². The maximum atomic E-state index is 13.3.